The van der Waals surface area contributed by atoms with Gasteiger partial charge in [-0.3, -0.25) is 14.8 Å². The zero-order valence-corrected chi connectivity index (χ0v) is 14.1. The van der Waals surface area contributed by atoms with Gasteiger partial charge in [-0.15, -0.1) is 0 Å². The number of carbonyl (C=O) groups is 1. The number of aromatic nitrogens is 2. The Hall–Kier alpha value is -2.51. The van der Waals surface area contributed by atoms with Crippen LogP contribution in [-0.2, 0) is 9.84 Å². The van der Waals surface area contributed by atoms with E-state index in [-0.39, 0.29) is 15.6 Å². The van der Waals surface area contributed by atoms with Crippen molar-refractivity contribution in [1.82, 2.24) is 9.97 Å². The van der Waals surface area contributed by atoms with E-state index >= 15 is 0 Å². The molecule has 0 unspecified atom stereocenters. The van der Waals surface area contributed by atoms with E-state index in [1.807, 2.05) is 0 Å². The fourth-order valence-corrected chi connectivity index (χ4v) is 2.94. The van der Waals surface area contributed by atoms with Crippen molar-refractivity contribution in [1.29, 1.82) is 0 Å². The van der Waals surface area contributed by atoms with Crippen LogP contribution < -0.4 is 5.32 Å². The highest BCUT2D eigenvalue weighted by molar-refractivity contribution is 7.90. The van der Waals surface area contributed by atoms with Crippen molar-refractivity contribution in [3.05, 3.63) is 59.4 Å². The smallest absolute Gasteiger partial charge is 0.255 e. The van der Waals surface area contributed by atoms with Crippen LogP contribution in [0.4, 0.5) is 5.69 Å². The van der Waals surface area contributed by atoms with Crippen molar-refractivity contribution in [3.63, 3.8) is 0 Å². The second kappa shape index (κ2) is 6.18. The number of nitrogens with zero attached hydrogens (tertiary/aromatic N) is 2. The normalized spacial score (nSPS) is 11.4. The van der Waals surface area contributed by atoms with Gasteiger partial charge in [0.25, 0.3) is 5.91 Å². The Labute approximate surface area is 143 Å². The monoisotopic (exact) mass is 361 g/mol. The van der Waals surface area contributed by atoms with Crippen molar-refractivity contribution in [2.75, 3.05) is 11.6 Å². The summed E-state index contributed by atoms with van der Waals surface area (Å²) in [5, 5.41) is 2.87. The predicted octanol–water partition coefficient (Wildman–Crippen LogP) is 2.94. The van der Waals surface area contributed by atoms with Crippen molar-refractivity contribution in [3.8, 4) is 0 Å². The van der Waals surface area contributed by atoms with Crippen LogP contribution in [-0.4, -0.2) is 30.5 Å². The molecule has 0 aliphatic rings. The van der Waals surface area contributed by atoms with E-state index in [4.69, 9.17) is 11.6 Å². The molecule has 0 saturated carbocycles. The van der Waals surface area contributed by atoms with Crippen LogP contribution in [0, 0.1) is 0 Å². The lowest BCUT2D eigenvalue weighted by Crippen LogP contribution is -2.13. The van der Waals surface area contributed by atoms with Gasteiger partial charge in [0.1, 0.15) is 0 Å². The molecular formula is C16H12ClN3O3S. The molecule has 0 aliphatic carbocycles. The molecule has 0 radical (unpaired) electrons. The summed E-state index contributed by atoms with van der Waals surface area (Å²) in [6, 6.07) is 9.05. The molecule has 122 valence electrons. The summed E-state index contributed by atoms with van der Waals surface area (Å²) in [5.74, 6) is -0.421. The molecule has 3 rings (SSSR count). The number of benzene rings is 2. The molecule has 1 aromatic heterocycles. The number of rotatable bonds is 3. The Bertz CT molecular complexity index is 1050. The van der Waals surface area contributed by atoms with Crippen molar-refractivity contribution < 1.29 is 13.2 Å². The van der Waals surface area contributed by atoms with Gasteiger partial charge in [0.2, 0.25) is 0 Å². The van der Waals surface area contributed by atoms with Crippen LogP contribution >= 0.6 is 11.6 Å². The highest BCUT2D eigenvalue weighted by Gasteiger charge is 2.14. The predicted molar refractivity (Wildman–Crippen MR) is 92.1 cm³/mol. The quantitative estimate of drug-likeness (QED) is 0.774. The maximum absolute atomic E-state index is 12.4. The van der Waals surface area contributed by atoms with Gasteiger partial charge in [-0.05, 0) is 36.4 Å². The minimum Gasteiger partial charge on any atom is -0.321 e. The fourth-order valence-electron chi connectivity index (χ4n) is 2.13. The summed E-state index contributed by atoms with van der Waals surface area (Å²) in [6.07, 6.45) is 4.19. The SMILES string of the molecule is CS(=O)(=O)c1ccc(Cl)c(NC(=O)c2ccc3nccnc3c2)c1. The molecule has 0 bridgehead atoms. The summed E-state index contributed by atoms with van der Waals surface area (Å²) in [6.45, 7) is 0. The lowest BCUT2D eigenvalue weighted by Gasteiger charge is -2.09. The lowest BCUT2D eigenvalue weighted by atomic mass is 10.1. The van der Waals surface area contributed by atoms with E-state index in [1.165, 1.54) is 24.4 Å². The van der Waals surface area contributed by atoms with E-state index < -0.39 is 15.7 Å². The number of sulfone groups is 1. The number of nitrogens with one attached hydrogen (secondary N) is 1. The first-order chi connectivity index (χ1) is 11.3. The molecule has 0 saturated heterocycles. The van der Waals surface area contributed by atoms with E-state index in [2.05, 4.69) is 15.3 Å². The summed E-state index contributed by atoms with van der Waals surface area (Å²) < 4.78 is 23.3. The molecule has 1 heterocycles. The number of hydrogen-bond donors (Lipinski definition) is 1. The summed E-state index contributed by atoms with van der Waals surface area (Å²) in [5.41, 5.74) is 1.85. The Morgan fingerprint density at radius 2 is 1.75 bits per heavy atom. The van der Waals surface area contributed by atoms with Gasteiger partial charge in [0.05, 0.1) is 26.6 Å². The average Bonchev–Trinajstić information content (AvgIpc) is 2.55. The van der Waals surface area contributed by atoms with Gasteiger partial charge < -0.3 is 5.32 Å². The van der Waals surface area contributed by atoms with Crippen molar-refractivity contribution in [2.24, 2.45) is 0 Å². The molecule has 2 aromatic carbocycles. The van der Waals surface area contributed by atoms with E-state index in [0.717, 1.165) is 6.26 Å². The van der Waals surface area contributed by atoms with Crippen LogP contribution in [0.25, 0.3) is 11.0 Å². The number of anilines is 1. The number of carbonyl (C=O) groups excluding carboxylic acids is 1. The second-order valence-corrected chi connectivity index (χ2v) is 7.55. The third kappa shape index (κ3) is 3.37. The second-order valence-electron chi connectivity index (χ2n) is 5.13. The van der Waals surface area contributed by atoms with E-state index in [1.54, 1.807) is 24.4 Å². The molecule has 0 atom stereocenters. The number of halogens is 1. The molecule has 0 aliphatic heterocycles. The topological polar surface area (TPSA) is 89.0 Å². The summed E-state index contributed by atoms with van der Waals surface area (Å²) in [4.78, 5) is 20.8. The van der Waals surface area contributed by atoms with Crippen LogP contribution in [0.5, 0.6) is 0 Å². The standard InChI is InChI=1S/C16H12ClN3O3S/c1-24(22,23)11-3-4-12(17)14(9-11)20-16(21)10-2-5-13-15(8-10)19-7-6-18-13/h2-9H,1H3,(H,20,21). The van der Waals surface area contributed by atoms with Gasteiger partial charge in [0, 0.05) is 24.2 Å². The van der Waals surface area contributed by atoms with Crippen LogP contribution in [0.15, 0.2) is 53.7 Å². The summed E-state index contributed by atoms with van der Waals surface area (Å²) >= 11 is 6.04. The molecule has 1 N–H and O–H groups in total. The van der Waals surface area contributed by atoms with Crippen molar-refractivity contribution >= 4 is 44.1 Å². The molecule has 3 aromatic rings. The molecule has 24 heavy (non-hydrogen) atoms. The van der Waals surface area contributed by atoms with Crippen LogP contribution in [0.1, 0.15) is 10.4 Å². The molecular weight excluding hydrogens is 350 g/mol. The first-order valence-electron chi connectivity index (χ1n) is 6.86. The Morgan fingerprint density at radius 3 is 2.46 bits per heavy atom. The van der Waals surface area contributed by atoms with Gasteiger partial charge >= 0.3 is 0 Å². The van der Waals surface area contributed by atoms with Gasteiger partial charge in [0.15, 0.2) is 9.84 Å². The molecule has 1 amide bonds. The first kappa shape index (κ1) is 16.4. The third-order valence-corrected chi connectivity index (χ3v) is 4.79. The first-order valence-corrected chi connectivity index (χ1v) is 9.13. The third-order valence-electron chi connectivity index (χ3n) is 3.35. The number of hydrogen-bond acceptors (Lipinski definition) is 5. The fraction of sp³-hybridized carbons (Fsp3) is 0.0625. The maximum atomic E-state index is 12.4. The highest BCUT2D eigenvalue weighted by atomic mass is 35.5. The van der Waals surface area contributed by atoms with Crippen molar-refractivity contribution in [2.45, 2.75) is 4.90 Å². The minimum absolute atomic E-state index is 0.0755. The maximum Gasteiger partial charge on any atom is 0.255 e. The van der Waals surface area contributed by atoms with Crippen LogP contribution in [0.3, 0.4) is 0 Å². The highest BCUT2D eigenvalue weighted by Crippen LogP contribution is 2.26. The Morgan fingerprint density at radius 1 is 1.04 bits per heavy atom. The van der Waals surface area contributed by atoms with E-state index in [9.17, 15) is 13.2 Å². The van der Waals surface area contributed by atoms with Gasteiger partial charge in [-0.25, -0.2) is 8.42 Å². The zero-order chi connectivity index (χ0) is 17.3. The van der Waals surface area contributed by atoms with Crippen LogP contribution in [0.2, 0.25) is 5.02 Å². The molecule has 0 fully saturated rings. The lowest BCUT2D eigenvalue weighted by molar-refractivity contribution is 0.102. The zero-order valence-electron chi connectivity index (χ0n) is 12.5. The average molecular weight is 362 g/mol. The summed E-state index contributed by atoms with van der Waals surface area (Å²) in [7, 11) is -3.40. The Kier molecular flexibility index (Phi) is 4.21. The van der Waals surface area contributed by atoms with Gasteiger partial charge in [-0.2, -0.15) is 0 Å². The largest absolute Gasteiger partial charge is 0.321 e. The number of amides is 1. The molecule has 8 heteroatoms. The molecule has 6 nitrogen and oxygen atoms in total. The van der Waals surface area contributed by atoms with Gasteiger partial charge in [-0.1, -0.05) is 11.6 Å². The molecule has 0 spiro atoms. The minimum atomic E-state index is -3.40. The van der Waals surface area contributed by atoms with E-state index in [0.29, 0.717) is 16.6 Å². The Balaban J connectivity index is 1.93. The number of fused-ring (bicyclic) bond motifs is 1.